The first-order valence-corrected chi connectivity index (χ1v) is 5.76. The summed E-state index contributed by atoms with van der Waals surface area (Å²) in [6, 6.07) is 5.31. The first kappa shape index (κ1) is 11.0. The highest BCUT2D eigenvalue weighted by Crippen LogP contribution is 2.34. The Morgan fingerprint density at radius 2 is 2.44 bits per heavy atom. The van der Waals surface area contributed by atoms with E-state index in [4.69, 9.17) is 4.74 Å². The van der Waals surface area contributed by atoms with E-state index >= 15 is 0 Å². The molecular formula is C12H14N4O2. The van der Waals surface area contributed by atoms with Gasteiger partial charge in [-0.1, -0.05) is 0 Å². The Bertz CT molecular complexity index is 567. The van der Waals surface area contributed by atoms with Crippen molar-refractivity contribution in [2.24, 2.45) is 7.05 Å². The summed E-state index contributed by atoms with van der Waals surface area (Å²) >= 11 is 0. The maximum absolute atomic E-state index is 9.38. The summed E-state index contributed by atoms with van der Waals surface area (Å²) in [5, 5.41) is 20.6. The van der Waals surface area contributed by atoms with Crippen molar-refractivity contribution in [3.8, 4) is 11.5 Å². The Balaban J connectivity index is 1.71. The number of aryl methyl sites for hydroxylation is 1. The third-order valence-electron chi connectivity index (χ3n) is 3.09. The van der Waals surface area contributed by atoms with Gasteiger partial charge in [0.2, 0.25) is 0 Å². The summed E-state index contributed by atoms with van der Waals surface area (Å²) in [6.07, 6.45) is 1.67. The van der Waals surface area contributed by atoms with Gasteiger partial charge >= 0.3 is 0 Å². The summed E-state index contributed by atoms with van der Waals surface area (Å²) < 4.78 is 7.40. The molecule has 0 spiro atoms. The van der Waals surface area contributed by atoms with Crippen molar-refractivity contribution in [1.82, 2.24) is 20.1 Å². The third-order valence-corrected chi connectivity index (χ3v) is 3.09. The van der Waals surface area contributed by atoms with Crippen LogP contribution < -0.4 is 10.1 Å². The number of hydrogen-bond acceptors (Lipinski definition) is 5. The number of hydrogen-bond donors (Lipinski definition) is 2. The van der Waals surface area contributed by atoms with Crippen LogP contribution in [0.15, 0.2) is 24.5 Å². The van der Waals surface area contributed by atoms with Crippen molar-refractivity contribution in [2.45, 2.75) is 12.6 Å². The number of aromatic hydroxyl groups is 1. The molecule has 0 amide bonds. The van der Waals surface area contributed by atoms with Gasteiger partial charge in [-0.25, -0.2) is 0 Å². The Morgan fingerprint density at radius 3 is 3.22 bits per heavy atom. The highest BCUT2D eigenvalue weighted by molar-refractivity contribution is 5.44. The molecule has 0 saturated heterocycles. The fourth-order valence-electron chi connectivity index (χ4n) is 2.05. The number of benzene rings is 1. The van der Waals surface area contributed by atoms with Gasteiger partial charge in [0.1, 0.15) is 30.3 Å². The van der Waals surface area contributed by atoms with Crippen molar-refractivity contribution < 1.29 is 9.84 Å². The molecule has 94 valence electrons. The second-order valence-electron chi connectivity index (χ2n) is 4.32. The molecule has 1 aliphatic heterocycles. The Kier molecular flexibility index (Phi) is 2.64. The standard InChI is InChI=1S/C12H14N4O2/c1-16-7-14-15-12(16)5-13-10-6-18-11-4-8(17)2-3-9(10)11/h2-4,7,10,13,17H,5-6H2,1H3. The number of nitrogens with one attached hydrogen (secondary N) is 1. The van der Waals surface area contributed by atoms with Crippen LogP contribution in [0.3, 0.4) is 0 Å². The van der Waals surface area contributed by atoms with Crippen LogP contribution in [0.5, 0.6) is 11.5 Å². The van der Waals surface area contributed by atoms with Gasteiger partial charge in [0.05, 0.1) is 12.6 Å². The fraction of sp³-hybridized carbons (Fsp3) is 0.333. The zero-order valence-corrected chi connectivity index (χ0v) is 10.00. The average molecular weight is 246 g/mol. The molecule has 0 bridgehead atoms. The second-order valence-corrected chi connectivity index (χ2v) is 4.32. The Hall–Kier alpha value is -2.08. The normalized spacial score (nSPS) is 17.5. The number of fused-ring (bicyclic) bond motifs is 1. The lowest BCUT2D eigenvalue weighted by Crippen LogP contribution is -2.23. The molecule has 0 aliphatic carbocycles. The van der Waals surface area contributed by atoms with Gasteiger partial charge in [0.25, 0.3) is 0 Å². The van der Waals surface area contributed by atoms with Gasteiger partial charge in [-0.15, -0.1) is 10.2 Å². The number of nitrogens with zero attached hydrogens (tertiary/aromatic N) is 3. The highest BCUT2D eigenvalue weighted by atomic mass is 16.5. The predicted molar refractivity (Wildman–Crippen MR) is 64.2 cm³/mol. The largest absolute Gasteiger partial charge is 0.508 e. The van der Waals surface area contributed by atoms with E-state index in [-0.39, 0.29) is 11.8 Å². The number of aromatic nitrogens is 3. The van der Waals surface area contributed by atoms with Crippen LogP contribution in [0.1, 0.15) is 17.4 Å². The van der Waals surface area contributed by atoms with E-state index in [9.17, 15) is 5.11 Å². The highest BCUT2D eigenvalue weighted by Gasteiger charge is 2.24. The molecular weight excluding hydrogens is 232 g/mol. The molecule has 1 aromatic carbocycles. The van der Waals surface area contributed by atoms with Crippen LogP contribution in [0.2, 0.25) is 0 Å². The van der Waals surface area contributed by atoms with Crippen molar-refractivity contribution in [2.75, 3.05) is 6.61 Å². The molecule has 0 radical (unpaired) electrons. The van der Waals surface area contributed by atoms with Crippen molar-refractivity contribution in [1.29, 1.82) is 0 Å². The molecule has 2 N–H and O–H groups in total. The van der Waals surface area contributed by atoms with Gasteiger partial charge in [-0.05, 0) is 12.1 Å². The van der Waals surface area contributed by atoms with E-state index in [1.165, 1.54) is 0 Å². The predicted octanol–water partition coefficient (Wildman–Crippen LogP) is 0.744. The second kappa shape index (κ2) is 4.30. The minimum atomic E-state index is 0.122. The average Bonchev–Trinajstić information content (AvgIpc) is 2.93. The minimum absolute atomic E-state index is 0.122. The molecule has 3 rings (SSSR count). The molecule has 2 aromatic rings. The number of phenols is 1. The molecule has 2 heterocycles. The maximum Gasteiger partial charge on any atom is 0.146 e. The van der Waals surface area contributed by atoms with Gasteiger partial charge in [-0.2, -0.15) is 0 Å². The van der Waals surface area contributed by atoms with E-state index in [2.05, 4.69) is 15.5 Å². The van der Waals surface area contributed by atoms with Gasteiger partial charge in [0, 0.05) is 18.7 Å². The van der Waals surface area contributed by atoms with E-state index in [0.717, 1.165) is 17.1 Å². The third kappa shape index (κ3) is 1.91. The molecule has 0 fully saturated rings. The summed E-state index contributed by atoms with van der Waals surface area (Å²) in [4.78, 5) is 0. The smallest absolute Gasteiger partial charge is 0.146 e. The van der Waals surface area contributed by atoms with Crippen LogP contribution in [0, 0.1) is 0 Å². The van der Waals surface area contributed by atoms with E-state index in [1.807, 2.05) is 17.7 Å². The minimum Gasteiger partial charge on any atom is -0.508 e. The van der Waals surface area contributed by atoms with Crippen molar-refractivity contribution in [3.63, 3.8) is 0 Å². The topological polar surface area (TPSA) is 72.2 Å². The maximum atomic E-state index is 9.38. The summed E-state index contributed by atoms with van der Waals surface area (Å²) in [6.45, 7) is 1.20. The zero-order chi connectivity index (χ0) is 12.5. The lowest BCUT2D eigenvalue weighted by atomic mass is 10.1. The summed E-state index contributed by atoms with van der Waals surface area (Å²) in [5.74, 6) is 1.84. The number of rotatable bonds is 3. The molecule has 1 aliphatic rings. The summed E-state index contributed by atoms with van der Waals surface area (Å²) in [5.41, 5.74) is 1.06. The van der Waals surface area contributed by atoms with Crippen molar-refractivity contribution >= 4 is 0 Å². The van der Waals surface area contributed by atoms with Crippen LogP contribution in [-0.4, -0.2) is 26.5 Å². The van der Waals surface area contributed by atoms with Gasteiger partial charge in [0.15, 0.2) is 0 Å². The molecule has 1 unspecified atom stereocenters. The van der Waals surface area contributed by atoms with E-state index in [1.54, 1.807) is 18.5 Å². The zero-order valence-electron chi connectivity index (χ0n) is 10.00. The molecule has 0 saturated carbocycles. The van der Waals surface area contributed by atoms with E-state index in [0.29, 0.717) is 13.2 Å². The van der Waals surface area contributed by atoms with Crippen LogP contribution in [-0.2, 0) is 13.6 Å². The molecule has 1 atom stereocenters. The first-order valence-electron chi connectivity index (χ1n) is 5.76. The molecule has 6 heteroatoms. The number of phenolic OH excluding ortho intramolecular Hbond substituents is 1. The molecule has 6 nitrogen and oxygen atoms in total. The van der Waals surface area contributed by atoms with Crippen LogP contribution in [0.25, 0.3) is 0 Å². The fourth-order valence-corrected chi connectivity index (χ4v) is 2.05. The Labute approximate surface area is 104 Å². The van der Waals surface area contributed by atoms with Crippen molar-refractivity contribution in [3.05, 3.63) is 35.9 Å². The lowest BCUT2D eigenvalue weighted by Gasteiger charge is -2.10. The molecule has 18 heavy (non-hydrogen) atoms. The van der Waals surface area contributed by atoms with Gasteiger partial charge in [-0.3, -0.25) is 5.32 Å². The molecule has 1 aromatic heterocycles. The Morgan fingerprint density at radius 1 is 1.56 bits per heavy atom. The monoisotopic (exact) mass is 246 g/mol. The SMILES string of the molecule is Cn1cnnc1CNC1COc2cc(O)ccc21. The lowest BCUT2D eigenvalue weighted by molar-refractivity contribution is 0.308. The van der Waals surface area contributed by atoms with Crippen LogP contribution >= 0.6 is 0 Å². The summed E-state index contributed by atoms with van der Waals surface area (Å²) in [7, 11) is 1.91. The van der Waals surface area contributed by atoms with E-state index < -0.39 is 0 Å². The first-order chi connectivity index (χ1) is 8.74. The quantitative estimate of drug-likeness (QED) is 0.836. The van der Waals surface area contributed by atoms with Gasteiger partial charge < -0.3 is 14.4 Å². The van der Waals surface area contributed by atoms with Crippen LogP contribution in [0.4, 0.5) is 0 Å². The number of ether oxygens (including phenoxy) is 1.